The third-order valence-electron chi connectivity index (χ3n) is 3.01. The first-order valence-corrected chi connectivity index (χ1v) is 7.04. The van der Waals surface area contributed by atoms with Gasteiger partial charge in [-0.05, 0) is 36.7 Å². The first-order chi connectivity index (χ1) is 9.78. The molecule has 2 heterocycles. The van der Waals surface area contributed by atoms with E-state index in [0.29, 0.717) is 0 Å². The molecular weight excluding hydrogens is 248 g/mol. The second kappa shape index (κ2) is 7.60. The van der Waals surface area contributed by atoms with E-state index in [2.05, 4.69) is 46.3 Å². The molecule has 4 heteroatoms. The maximum atomic E-state index is 4.43. The molecule has 0 saturated carbocycles. The minimum Gasteiger partial charge on any atom is -0.370 e. The molecule has 106 valence electrons. The molecule has 0 unspecified atom stereocenters. The summed E-state index contributed by atoms with van der Waals surface area (Å²) in [5.74, 6) is 0.950. The normalized spacial score (nSPS) is 10.8. The Balaban J connectivity index is 1.86. The van der Waals surface area contributed by atoms with Crippen LogP contribution in [-0.2, 0) is 13.1 Å². The summed E-state index contributed by atoms with van der Waals surface area (Å²) in [4.78, 5) is 10.8. The highest BCUT2D eigenvalue weighted by Gasteiger charge is 2.02. The predicted octanol–water partition coefficient (Wildman–Crippen LogP) is 2.93. The Bertz CT molecular complexity index is 496. The Morgan fingerprint density at radius 2 is 1.90 bits per heavy atom. The fourth-order valence-electron chi connectivity index (χ4n) is 2.05. The van der Waals surface area contributed by atoms with E-state index >= 15 is 0 Å². The zero-order chi connectivity index (χ0) is 14.2. The number of hydrogen-bond donors (Lipinski definition) is 1. The van der Waals surface area contributed by atoms with E-state index < -0.39 is 0 Å². The fourth-order valence-corrected chi connectivity index (χ4v) is 2.05. The van der Waals surface area contributed by atoms with Crippen LogP contribution in [0, 0.1) is 0 Å². The largest absolute Gasteiger partial charge is 0.370 e. The van der Waals surface area contributed by atoms with E-state index in [0.717, 1.165) is 31.9 Å². The van der Waals surface area contributed by atoms with Crippen molar-refractivity contribution in [1.82, 2.24) is 14.9 Å². The third kappa shape index (κ3) is 4.63. The summed E-state index contributed by atoms with van der Waals surface area (Å²) in [5.41, 5.74) is 2.45. The summed E-state index contributed by atoms with van der Waals surface area (Å²) in [5, 5.41) is 3.28. The van der Waals surface area contributed by atoms with Crippen LogP contribution in [0.25, 0.3) is 0 Å². The molecule has 20 heavy (non-hydrogen) atoms. The third-order valence-corrected chi connectivity index (χ3v) is 3.01. The lowest BCUT2D eigenvalue weighted by Crippen LogP contribution is -2.17. The average Bonchev–Trinajstić information content (AvgIpc) is 2.47. The van der Waals surface area contributed by atoms with Crippen LogP contribution in [0.2, 0.25) is 0 Å². The van der Waals surface area contributed by atoms with Crippen LogP contribution in [0.15, 0.2) is 42.9 Å². The van der Waals surface area contributed by atoms with E-state index in [1.165, 1.54) is 11.1 Å². The number of hydrogen-bond acceptors (Lipinski definition) is 4. The molecule has 2 rings (SSSR count). The van der Waals surface area contributed by atoms with E-state index in [4.69, 9.17) is 0 Å². The van der Waals surface area contributed by atoms with Crippen LogP contribution in [0.3, 0.4) is 0 Å². The van der Waals surface area contributed by atoms with Gasteiger partial charge in [-0.1, -0.05) is 19.1 Å². The molecule has 1 N–H and O–H groups in total. The second-order valence-electron chi connectivity index (χ2n) is 5.01. The van der Waals surface area contributed by atoms with Crippen molar-refractivity contribution in [2.75, 3.05) is 18.9 Å². The molecule has 0 atom stereocenters. The Morgan fingerprint density at radius 3 is 2.50 bits per heavy atom. The molecule has 2 aromatic heterocycles. The fraction of sp³-hybridized carbons (Fsp3) is 0.375. The van der Waals surface area contributed by atoms with Crippen LogP contribution in [-0.4, -0.2) is 28.5 Å². The van der Waals surface area contributed by atoms with Crippen LogP contribution in [0.1, 0.15) is 24.5 Å². The lowest BCUT2D eigenvalue weighted by molar-refractivity contribution is 0.318. The van der Waals surface area contributed by atoms with Crippen molar-refractivity contribution in [2.24, 2.45) is 0 Å². The maximum absolute atomic E-state index is 4.43. The van der Waals surface area contributed by atoms with Crippen molar-refractivity contribution < 1.29 is 0 Å². The zero-order valence-electron chi connectivity index (χ0n) is 12.2. The average molecular weight is 270 g/mol. The van der Waals surface area contributed by atoms with Crippen molar-refractivity contribution in [1.29, 1.82) is 0 Å². The number of nitrogens with one attached hydrogen (secondary N) is 1. The summed E-state index contributed by atoms with van der Waals surface area (Å²) >= 11 is 0. The molecule has 0 bridgehead atoms. The molecule has 0 aliphatic rings. The van der Waals surface area contributed by atoms with Crippen LogP contribution < -0.4 is 5.32 Å². The van der Waals surface area contributed by atoms with Gasteiger partial charge in [0.1, 0.15) is 5.82 Å². The van der Waals surface area contributed by atoms with Crippen LogP contribution in [0.5, 0.6) is 0 Å². The van der Waals surface area contributed by atoms with Crippen LogP contribution in [0.4, 0.5) is 5.82 Å². The highest BCUT2D eigenvalue weighted by atomic mass is 15.1. The Morgan fingerprint density at radius 1 is 1.10 bits per heavy atom. The van der Waals surface area contributed by atoms with Gasteiger partial charge in [0, 0.05) is 38.2 Å². The van der Waals surface area contributed by atoms with Gasteiger partial charge in [-0.3, -0.25) is 9.88 Å². The van der Waals surface area contributed by atoms with E-state index in [1.807, 2.05) is 24.5 Å². The van der Waals surface area contributed by atoms with Crippen molar-refractivity contribution in [2.45, 2.75) is 26.4 Å². The van der Waals surface area contributed by atoms with E-state index in [-0.39, 0.29) is 0 Å². The van der Waals surface area contributed by atoms with E-state index in [1.54, 1.807) is 6.20 Å². The maximum Gasteiger partial charge on any atom is 0.125 e. The molecular formula is C16H22N4. The smallest absolute Gasteiger partial charge is 0.125 e. The lowest BCUT2D eigenvalue weighted by atomic mass is 10.2. The van der Waals surface area contributed by atoms with Crippen molar-refractivity contribution in [3.05, 3.63) is 54.0 Å². The van der Waals surface area contributed by atoms with Crippen molar-refractivity contribution in [3.63, 3.8) is 0 Å². The van der Waals surface area contributed by atoms with Gasteiger partial charge in [-0.25, -0.2) is 4.98 Å². The van der Waals surface area contributed by atoms with Gasteiger partial charge in [0.2, 0.25) is 0 Å². The standard InChI is InChI=1S/C16H22N4/c1-3-8-18-16-7-6-15(11-19-16)13-20(2)12-14-5-4-9-17-10-14/h4-7,9-11H,3,8,12-13H2,1-2H3,(H,18,19). The lowest BCUT2D eigenvalue weighted by Gasteiger charge is -2.16. The van der Waals surface area contributed by atoms with Gasteiger partial charge in [0.05, 0.1) is 0 Å². The summed E-state index contributed by atoms with van der Waals surface area (Å²) in [6, 6.07) is 8.24. The first-order valence-electron chi connectivity index (χ1n) is 7.04. The SMILES string of the molecule is CCCNc1ccc(CN(C)Cc2cccnc2)cn1. The minimum atomic E-state index is 0.885. The summed E-state index contributed by atoms with van der Waals surface area (Å²) in [6.45, 7) is 4.89. The molecule has 0 aromatic carbocycles. The van der Waals surface area contributed by atoms with Gasteiger partial charge >= 0.3 is 0 Å². The molecule has 2 aromatic rings. The Labute approximate surface area is 120 Å². The van der Waals surface area contributed by atoms with Gasteiger partial charge < -0.3 is 5.32 Å². The quantitative estimate of drug-likeness (QED) is 0.840. The molecule has 4 nitrogen and oxygen atoms in total. The topological polar surface area (TPSA) is 41.0 Å². The number of nitrogens with zero attached hydrogens (tertiary/aromatic N) is 3. The molecule has 0 fully saturated rings. The molecule has 0 aliphatic carbocycles. The molecule has 0 spiro atoms. The highest BCUT2D eigenvalue weighted by Crippen LogP contribution is 2.09. The number of pyridine rings is 2. The Kier molecular flexibility index (Phi) is 5.50. The monoisotopic (exact) mass is 270 g/mol. The van der Waals surface area contributed by atoms with Crippen molar-refractivity contribution >= 4 is 5.82 Å². The molecule has 0 saturated heterocycles. The summed E-state index contributed by atoms with van der Waals surface area (Å²) in [6.07, 6.45) is 6.76. The second-order valence-corrected chi connectivity index (χ2v) is 5.01. The zero-order valence-corrected chi connectivity index (χ0v) is 12.2. The number of rotatable bonds is 7. The molecule has 0 radical (unpaired) electrons. The van der Waals surface area contributed by atoms with E-state index in [9.17, 15) is 0 Å². The summed E-state index contributed by atoms with van der Waals surface area (Å²) < 4.78 is 0. The predicted molar refractivity (Wildman–Crippen MR) is 82.4 cm³/mol. The molecule has 0 amide bonds. The van der Waals surface area contributed by atoms with Crippen molar-refractivity contribution in [3.8, 4) is 0 Å². The van der Waals surface area contributed by atoms with Gasteiger partial charge in [0.25, 0.3) is 0 Å². The summed E-state index contributed by atoms with van der Waals surface area (Å²) in [7, 11) is 2.11. The van der Waals surface area contributed by atoms with Crippen LogP contribution >= 0.6 is 0 Å². The van der Waals surface area contributed by atoms with Gasteiger partial charge in [0.15, 0.2) is 0 Å². The highest BCUT2D eigenvalue weighted by molar-refractivity contribution is 5.35. The number of anilines is 1. The number of aromatic nitrogens is 2. The van der Waals surface area contributed by atoms with Gasteiger partial charge in [-0.15, -0.1) is 0 Å². The minimum absolute atomic E-state index is 0.885. The first kappa shape index (κ1) is 14.5. The Hall–Kier alpha value is -1.94. The van der Waals surface area contributed by atoms with Gasteiger partial charge in [-0.2, -0.15) is 0 Å². The molecule has 0 aliphatic heterocycles.